The van der Waals surface area contributed by atoms with E-state index in [2.05, 4.69) is 0 Å². The van der Waals surface area contributed by atoms with E-state index in [1.54, 1.807) is 96.8 Å². The smallest absolute Gasteiger partial charge is 0.328 e. The standard InChI is InChI=1S/C77H82Cl6N6O18/c1-46(40-85(72(75(96)97)51-11-14-54(78)57(81)37-51)43-49-9-18-61(64(35-49)101-3)104-32-28-88-68(92)22-23-69(88)93)45-107-77(99)73(52-12-15-55(79)58(82)38-52)84(42-48-8-17-60(63(34-48)100-2)103-31-27-87-66(90)20-21-67(87)91)26-5-30-106-76(98)74(53-13-16-56(80)59(83)39-53)86(41-47-6-7-47)44-50-10-19-62(65(36-50)102-4)105-33-29-89-70(94)24-25-71(89)95/h8-25,34-39,46-47,72-74,90-95H,5-7,26-33,40-45H2,1-4H3,(H,96,97). The van der Waals surface area contributed by atoms with Crippen molar-refractivity contribution in [2.75, 3.05) is 74.0 Å². The van der Waals surface area contributed by atoms with Gasteiger partial charge in [0, 0.05) is 81.6 Å². The molecule has 0 radical (unpaired) electrons. The Kier molecular flexibility index (Phi) is 28.2. The molecule has 0 amide bonds. The average Bonchev–Trinajstić information content (AvgIpc) is 1.71. The van der Waals surface area contributed by atoms with Crippen LogP contribution in [0.3, 0.4) is 0 Å². The number of aromatic hydroxyl groups is 6. The van der Waals surface area contributed by atoms with Gasteiger partial charge in [0.05, 0.1) is 84.3 Å². The SMILES string of the molecule is COc1cc(CN(CC(C)COC(=O)C(c2ccc(Cl)c(Cl)c2)N(CCCOC(=O)C(c2ccc(Cl)c(Cl)c2)N(Cc2ccc(OCCn3c(O)ccc3O)c(OC)c2)CC2CC2)Cc2ccc(OCCn3c(O)ccc3O)c(OC)c2)C(C(=O)O)c2ccc(Cl)c(Cl)c2)ccc1OCCn1c(O)ccc1O. The molecule has 0 saturated heterocycles. The van der Waals surface area contributed by atoms with Crippen molar-refractivity contribution in [2.24, 2.45) is 11.8 Å². The maximum absolute atomic E-state index is 15.5. The van der Waals surface area contributed by atoms with Crippen molar-refractivity contribution >= 4 is 87.5 Å². The van der Waals surface area contributed by atoms with Crippen molar-refractivity contribution in [1.82, 2.24) is 28.4 Å². The summed E-state index contributed by atoms with van der Waals surface area (Å²) >= 11 is 39.5. The first-order chi connectivity index (χ1) is 51.4. The minimum absolute atomic E-state index is 0.0135. The molecule has 1 saturated carbocycles. The molecular weight excluding hydrogens is 1510 g/mol. The largest absolute Gasteiger partial charge is 0.494 e. The summed E-state index contributed by atoms with van der Waals surface area (Å²) in [6.07, 6.45) is 2.03. The van der Waals surface area contributed by atoms with Gasteiger partial charge in [-0.1, -0.05) is 113 Å². The zero-order valence-corrected chi connectivity index (χ0v) is 63.4. The van der Waals surface area contributed by atoms with Gasteiger partial charge in [0.1, 0.15) is 37.9 Å². The Bertz CT molecular complexity index is 4490. The van der Waals surface area contributed by atoms with Gasteiger partial charge in [-0.3, -0.25) is 33.2 Å². The summed E-state index contributed by atoms with van der Waals surface area (Å²) in [6.45, 7) is 2.82. The van der Waals surface area contributed by atoms with Gasteiger partial charge in [-0.15, -0.1) is 0 Å². The fourth-order valence-electron chi connectivity index (χ4n) is 12.5. The molecule has 1 fully saturated rings. The lowest BCUT2D eigenvalue weighted by Crippen LogP contribution is -2.39. The molecule has 4 unspecified atom stereocenters. The van der Waals surface area contributed by atoms with Gasteiger partial charge in [0.15, 0.2) is 69.8 Å². The normalized spacial score (nSPS) is 13.3. The van der Waals surface area contributed by atoms with Gasteiger partial charge < -0.3 is 73.6 Å². The lowest BCUT2D eigenvalue weighted by atomic mass is 10.0. The van der Waals surface area contributed by atoms with E-state index in [0.717, 1.165) is 18.4 Å². The van der Waals surface area contributed by atoms with Crippen LogP contribution in [0.25, 0.3) is 0 Å². The number of carboxylic acid groups (broad SMARTS) is 1. The molecule has 0 bridgehead atoms. The Morgan fingerprint density at radius 1 is 0.430 bits per heavy atom. The van der Waals surface area contributed by atoms with Gasteiger partial charge >= 0.3 is 17.9 Å². The van der Waals surface area contributed by atoms with Gasteiger partial charge in [-0.25, -0.2) is 9.59 Å². The summed E-state index contributed by atoms with van der Waals surface area (Å²) in [4.78, 5) is 49.8. The molecule has 4 atom stereocenters. The number of ether oxygens (including phenoxy) is 8. The third kappa shape index (κ3) is 21.1. The van der Waals surface area contributed by atoms with Crippen LogP contribution >= 0.6 is 69.6 Å². The Labute approximate surface area is 648 Å². The number of carbonyl (C=O) groups is 3. The van der Waals surface area contributed by atoms with Crippen LogP contribution in [0.5, 0.6) is 69.8 Å². The van der Waals surface area contributed by atoms with E-state index >= 15 is 9.59 Å². The highest BCUT2D eigenvalue weighted by atomic mass is 35.5. The summed E-state index contributed by atoms with van der Waals surface area (Å²) < 4.78 is 52.1. The number of benzene rings is 6. The van der Waals surface area contributed by atoms with Crippen LogP contribution < -0.4 is 28.4 Å². The first-order valence-corrected chi connectivity index (χ1v) is 36.4. The second-order valence-electron chi connectivity index (χ2n) is 25.7. The number of rotatable bonds is 40. The predicted octanol–water partition coefficient (Wildman–Crippen LogP) is 15.1. The lowest BCUT2D eigenvalue weighted by Gasteiger charge is -2.33. The van der Waals surface area contributed by atoms with Crippen LogP contribution in [-0.4, -0.2) is 156 Å². The van der Waals surface area contributed by atoms with Crippen molar-refractivity contribution in [3.63, 3.8) is 0 Å². The van der Waals surface area contributed by atoms with E-state index in [1.807, 2.05) is 21.9 Å². The fourth-order valence-corrected chi connectivity index (χ4v) is 13.5. The van der Waals surface area contributed by atoms with Gasteiger partial charge in [0.25, 0.3) is 0 Å². The van der Waals surface area contributed by atoms with Crippen molar-refractivity contribution in [2.45, 2.75) is 83.6 Å². The third-order valence-corrected chi connectivity index (χ3v) is 20.2. The maximum Gasteiger partial charge on any atom is 0.328 e. The number of nitrogens with zero attached hydrogens (tertiary/aromatic N) is 6. The monoisotopic (exact) mass is 1590 g/mol. The summed E-state index contributed by atoms with van der Waals surface area (Å²) in [5, 5.41) is 73.6. The molecule has 0 spiro atoms. The maximum atomic E-state index is 15.5. The van der Waals surface area contributed by atoms with Crippen LogP contribution in [0.2, 0.25) is 30.1 Å². The third-order valence-electron chi connectivity index (χ3n) is 18.0. The molecule has 3 heterocycles. The van der Waals surface area contributed by atoms with E-state index in [4.69, 9.17) is 108 Å². The number of aromatic nitrogens is 3. The zero-order chi connectivity index (χ0) is 76.6. The number of aliphatic carboxylic acids is 1. The molecule has 10 rings (SSSR count). The second-order valence-corrected chi connectivity index (χ2v) is 28.1. The molecule has 1 aliphatic carbocycles. The molecule has 0 aliphatic heterocycles. The minimum atomic E-state index is -1.32. The highest BCUT2D eigenvalue weighted by molar-refractivity contribution is 6.43. The number of esters is 2. The molecule has 570 valence electrons. The predicted molar refractivity (Wildman–Crippen MR) is 404 cm³/mol. The highest BCUT2D eigenvalue weighted by Gasteiger charge is 2.37. The minimum Gasteiger partial charge on any atom is -0.494 e. The van der Waals surface area contributed by atoms with E-state index in [-0.39, 0.29) is 163 Å². The number of carboxylic acids is 1. The molecule has 3 aromatic heterocycles. The van der Waals surface area contributed by atoms with E-state index in [1.165, 1.54) is 83.6 Å². The summed E-state index contributed by atoms with van der Waals surface area (Å²) in [6, 6.07) is 34.8. The lowest BCUT2D eigenvalue weighted by molar-refractivity contribution is -0.154. The molecule has 24 nitrogen and oxygen atoms in total. The highest BCUT2D eigenvalue weighted by Crippen LogP contribution is 2.41. The summed E-state index contributed by atoms with van der Waals surface area (Å²) in [7, 11) is 4.44. The fraction of sp³-hybridized carbons (Fsp3) is 0.338. The van der Waals surface area contributed by atoms with Crippen molar-refractivity contribution in [3.05, 3.63) is 209 Å². The van der Waals surface area contributed by atoms with Gasteiger partial charge in [-0.05, 0) is 131 Å². The number of hydrogen-bond acceptors (Lipinski definition) is 20. The zero-order valence-electron chi connectivity index (χ0n) is 58.8. The molecular formula is C77H82Cl6N6O18. The molecule has 1 aliphatic rings. The Morgan fingerprint density at radius 2 is 0.785 bits per heavy atom. The molecule has 7 N–H and O–H groups in total. The number of carbonyl (C=O) groups excluding carboxylic acids is 2. The van der Waals surface area contributed by atoms with Crippen LogP contribution in [0.4, 0.5) is 0 Å². The number of hydrogen-bond donors (Lipinski definition) is 7. The van der Waals surface area contributed by atoms with Crippen molar-refractivity contribution < 1.29 is 88.0 Å². The number of methoxy groups -OCH3 is 3. The van der Waals surface area contributed by atoms with E-state index < -0.39 is 42.0 Å². The van der Waals surface area contributed by atoms with E-state index in [9.17, 15) is 40.5 Å². The van der Waals surface area contributed by atoms with Crippen molar-refractivity contribution in [1.29, 1.82) is 0 Å². The Hall–Kier alpha value is -9.21. The molecule has 6 aromatic carbocycles. The Balaban J connectivity index is 0.921. The van der Waals surface area contributed by atoms with Gasteiger partial charge in [-0.2, -0.15) is 0 Å². The van der Waals surface area contributed by atoms with Gasteiger partial charge in [0.2, 0.25) is 0 Å². The van der Waals surface area contributed by atoms with Crippen LogP contribution in [-0.2, 0) is 63.1 Å². The topological polar surface area (TPSA) is 291 Å². The molecule has 107 heavy (non-hydrogen) atoms. The van der Waals surface area contributed by atoms with E-state index in [0.29, 0.717) is 68.9 Å². The average molecular weight is 1590 g/mol. The Morgan fingerprint density at radius 3 is 1.15 bits per heavy atom. The first-order valence-electron chi connectivity index (χ1n) is 34.1. The quantitative estimate of drug-likeness (QED) is 0.0139. The first kappa shape index (κ1) is 80.3. The molecule has 30 heteroatoms. The summed E-state index contributed by atoms with van der Waals surface area (Å²) in [5.41, 5.74) is 3.25. The summed E-state index contributed by atoms with van der Waals surface area (Å²) in [5.74, 6) is -1.52. The van der Waals surface area contributed by atoms with Crippen LogP contribution in [0.15, 0.2) is 146 Å². The van der Waals surface area contributed by atoms with Crippen LogP contribution in [0, 0.1) is 11.8 Å². The molecule has 9 aromatic rings. The second kappa shape index (κ2) is 37.6. The van der Waals surface area contributed by atoms with Crippen LogP contribution in [0.1, 0.15) is 77.7 Å². The van der Waals surface area contributed by atoms with Crippen molar-refractivity contribution in [3.8, 4) is 69.8 Å². The number of halogens is 6.